The van der Waals surface area contributed by atoms with Gasteiger partial charge in [-0.2, -0.15) is 0 Å². The van der Waals surface area contributed by atoms with Gasteiger partial charge in [0.15, 0.2) is 0 Å². The van der Waals surface area contributed by atoms with Crippen LogP contribution in [-0.4, -0.2) is 35.8 Å². The minimum absolute atomic E-state index is 0.219. The van der Waals surface area contributed by atoms with Crippen molar-refractivity contribution in [2.75, 3.05) is 20.2 Å². The second-order valence-corrected chi connectivity index (χ2v) is 8.98. The number of aliphatic hydroxyl groups is 1. The number of likely N-dealkylation sites (N-methyl/N-ethyl adjacent to an activating group) is 1. The molecule has 1 aliphatic carbocycles. The van der Waals surface area contributed by atoms with Crippen LogP contribution < -0.4 is 4.74 Å². The Hall–Kier alpha value is -1.36. The molecule has 0 amide bonds. The van der Waals surface area contributed by atoms with E-state index in [2.05, 4.69) is 47.7 Å². The molecule has 0 spiro atoms. The van der Waals surface area contributed by atoms with Crippen LogP contribution in [0.25, 0.3) is 0 Å². The van der Waals surface area contributed by atoms with Crippen LogP contribution in [0.4, 0.5) is 0 Å². The molecular formula is C22H29NO2S. The molecule has 1 saturated carbocycles. The summed E-state index contributed by atoms with van der Waals surface area (Å²) in [6.45, 7) is 2.59. The SMILES string of the molecule is CN1Cc2cc(OCCc3cccs3)ccc2C(C2(O)CCCCC2)C1. The molecule has 1 fully saturated rings. The van der Waals surface area contributed by atoms with Crippen LogP contribution in [0.1, 0.15) is 54.0 Å². The van der Waals surface area contributed by atoms with Crippen molar-refractivity contribution in [1.29, 1.82) is 0 Å². The Labute approximate surface area is 160 Å². The molecule has 4 heteroatoms. The van der Waals surface area contributed by atoms with Crippen molar-refractivity contribution >= 4 is 11.3 Å². The van der Waals surface area contributed by atoms with Crippen molar-refractivity contribution in [2.24, 2.45) is 0 Å². The van der Waals surface area contributed by atoms with E-state index in [4.69, 9.17) is 4.74 Å². The minimum atomic E-state index is -0.538. The predicted molar refractivity (Wildman–Crippen MR) is 107 cm³/mol. The third-order valence-corrected chi connectivity index (χ3v) is 6.93. The first-order chi connectivity index (χ1) is 12.6. The van der Waals surface area contributed by atoms with E-state index in [0.717, 1.165) is 50.9 Å². The first kappa shape index (κ1) is 18.0. The molecule has 1 N–H and O–H groups in total. The topological polar surface area (TPSA) is 32.7 Å². The molecule has 0 radical (unpaired) electrons. The highest BCUT2D eigenvalue weighted by atomic mass is 32.1. The van der Waals surface area contributed by atoms with Crippen LogP contribution in [0, 0.1) is 0 Å². The van der Waals surface area contributed by atoms with Gasteiger partial charge in [-0.1, -0.05) is 31.4 Å². The van der Waals surface area contributed by atoms with Gasteiger partial charge < -0.3 is 14.7 Å². The molecule has 1 unspecified atom stereocenters. The fraction of sp³-hybridized carbons (Fsp3) is 0.545. The molecule has 2 aliphatic rings. The van der Waals surface area contributed by atoms with Crippen LogP contribution in [0.3, 0.4) is 0 Å². The van der Waals surface area contributed by atoms with Crippen LogP contribution in [0.15, 0.2) is 35.7 Å². The van der Waals surface area contributed by atoms with E-state index >= 15 is 0 Å². The van der Waals surface area contributed by atoms with Gasteiger partial charge in [-0.25, -0.2) is 0 Å². The van der Waals surface area contributed by atoms with Crippen LogP contribution in [-0.2, 0) is 13.0 Å². The average molecular weight is 372 g/mol. The highest BCUT2D eigenvalue weighted by molar-refractivity contribution is 7.09. The lowest BCUT2D eigenvalue weighted by Crippen LogP contribution is -2.46. The summed E-state index contributed by atoms with van der Waals surface area (Å²) in [5.74, 6) is 1.17. The van der Waals surface area contributed by atoms with Gasteiger partial charge in [-0.05, 0) is 54.6 Å². The average Bonchev–Trinajstić information content (AvgIpc) is 3.15. The zero-order valence-corrected chi connectivity index (χ0v) is 16.4. The van der Waals surface area contributed by atoms with E-state index in [0.29, 0.717) is 6.61 Å². The van der Waals surface area contributed by atoms with Crippen molar-refractivity contribution in [3.05, 3.63) is 51.7 Å². The number of nitrogens with zero attached hydrogens (tertiary/aromatic N) is 1. The Bertz CT molecular complexity index is 722. The van der Waals surface area contributed by atoms with Crippen LogP contribution in [0.2, 0.25) is 0 Å². The molecule has 4 rings (SSSR count). The van der Waals surface area contributed by atoms with E-state index in [1.165, 1.54) is 22.4 Å². The number of thiophene rings is 1. The molecule has 3 nitrogen and oxygen atoms in total. The zero-order chi connectivity index (χ0) is 18.0. The van der Waals surface area contributed by atoms with Crippen molar-refractivity contribution in [2.45, 2.75) is 56.6 Å². The van der Waals surface area contributed by atoms with Gasteiger partial charge in [0.25, 0.3) is 0 Å². The zero-order valence-electron chi connectivity index (χ0n) is 15.6. The van der Waals surface area contributed by atoms with Gasteiger partial charge in [0.1, 0.15) is 5.75 Å². The second-order valence-electron chi connectivity index (χ2n) is 7.95. The van der Waals surface area contributed by atoms with Gasteiger partial charge in [0.2, 0.25) is 0 Å². The summed E-state index contributed by atoms with van der Waals surface area (Å²) < 4.78 is 6.01. The predicted octanol–water partition coefficient (Wildman–Crippen LogP) is 4.59. The van der Waals surface area contributed by atoms with Gasteiger partial charge in [-0.15, -0.1) is 11.3 Å². The lowest BCUT2D eigenvalue weighted by Gasteiger charge is -2.44. The fourth-order valence-corrected chi connectivity index (χ4v) is 5.30. The summed E-state index contributed by atoms with van der Waals surface area (Å²) >= 11 is 1.78. The second kappa shape index (κ2) is 7.71. The number of fused-ring (bicyclic) bond motifs is 1. The first-order valence-corrected chi connectivity index (χ1v) is 10.7. The maximum absolute atomic E-state index is 11.3. The monoisotopic (exact) mass is 371 g/mol. The van der Waals surface area contributed by atoms with Gasteiger partial charge in [0, 0.05) is 30.3 Å². The summed E-state index contributed by atoms with van der Waals surface area (Å²) in [5, 5.41) is 13.4. The van der Waals surface area contributed by atoms with Crippen molar-refractivity contribution in [3.63, 3.8) is 0 Å². The molecule has 140 valence electrons. The Balaban J connectivity index is 1.49. The van der Waals surface area contributed by atoms with E-state index in [1.54, 1.807) is 11.3 Å². The van der Waals surface area contributed by atoms with Gasteiger partial charge in [-0.3, -0.25) is 0 Å². The molecule has 2 heterocycles. The van der Waals surface area contributed by atoms with Crippen molar-refractivity contribution in [3.8, 4) is 5.75 Å². The van der Waals surface area contributed by atoms with E-state index in [1.807, 2.05) is 0 Å². The quantitative estimate of drug-likeness (QED) is 0.834. The normalized spacial score (nSPS) is 22.8. The Morgan fingerprint density at radius 1 is 1.23 bits per heavy atom. The van der Waals surface area contributed by atoms with Gasteiger partial charge in [0.05, 0.1) is 12.2 Å². The van der Waals surface area contributed by atoms with E-state index < -0.39 is 5.60 Å². The summed E-state index contributed by atoms with van der Waals surface area (Å²) in [5.41, 5.74) is 2.11. The standard InChI is InChI=1S/C22H29NO2S/c1-23-15-17-14-18(25-12-9-19-6-5-13-26-19)7-8-20(17)21(16-23)22(24)10-3-2-4-11-22/h5-8,13-14,21,24H,2-4,9-12,15-16H2,1H3. The molecule has 26 heavy (non-hydrogen) atoms. The molecule has 2 aromatic rings. The molecule has 1 aromatic heterocycles. The minimum Gasteiger partial charge on any atom is -0.493 e. The van der Waals surface area contributed by atoms with Crippen molar-refractivity contribution in [1.82, 2.24) is 4.90 Å². The largest absolute Gasteiger partial charge is 0.493 e. The molecule has 1 aromatic carbocycles. The van der Waals surface area contributed by atoms with Crippen molar-refractivity contribution < 1.29 is 9.84 Å². The maximum atomic E-state index is 11.3. The number of hydrogen-bond acceptors (Lipinski definition) is 4. The summed E-state index contributed by atoms with van der Waals surface area (Å²) in [6, 6.07) is 10.7. The molecule has 0 bridgehead atoms. The molecule has 1 aliphatic heterocycles. The molecule has 0 saturated heterocycles. The molecule has 1 atom stereocenters. The van der Waals surface area contributed by atoms with Gasteiger partial charge >= 0.3 is 0 Å². The summed E-state index contributed by atoms with van der Waals surface area (Å²) in [4.78, 5) is 3.71. The van der Waals surface area contributed by atoms with Crippen LogP contribution >= 0.6 is 11.3 Å². The summed E-state index contributed by atoms with van der Waals surface area (Å²) in [7, 11) is 2.16. The highest BCUT2D eigenvalue weighted by Gasteiger charge is 2.41. The third kappa shape index (κ3) is 3.83. The number of hydrogen-bond donors (Lipinski definition) is 1. The third-order valence-electron chi connectivity index (χ3n) is 5.99. The summed E-state index contributed by atoms with van der Waals surface area (Å²) in [6.07, 6.45) is 6.38. The highest BCUT2D eigenvalue weighted by Crippen LogP contribution is 2.44. The van der Waals surface area contributed by atoms with E-state index in [-0.39, 0.29) is 5.92 Å². The van der Waals surface area contributed by atoms with Crippen LogP contribution in [0.5, 0.6) is 5.75 Å². The Kier molecular flexibility index (Phi) is 5.35. The van der Waals surface area contributed by atoms with E-state index in [9.17, 15) is 5.11 Å². The Morgan fingerprint density at radius 2 is 2.08 bits per heavy atom. The number of benzene rings is 1. The smallest absolute Gasteiger partial charge is 0.119 e. The lowest BCUT2D eigenvalue weighted by molar-refractivity contribution is -0.0333. The Morgan fingerprint density at radius 3 is 2.85 bits per heavy atom. The lowest BCUT2D eigenvalue weighted by atomic mass is 9.70. The first-order valence-electron chi connectivity index (χ1n) is 9.83. The maximum Gasteiger partial charge on any atom is 0.119 e. The molecular weight excluding hydrogens is 342 g/mol. The fourth-order valence-electron chi connectivity index (χ4n) is 4.61. The number of ether oxygens (including phenoxy) is 1. The number of rotatable bonds is 5.